The van der Waals surface area contributed by atoms with E-state index in [4.69, 9.17) is 9.47 Å². The van der Waals surface area contributed by atoms with E-state index in [0.29, 0.717) is 11.3 Å². The minimum absolute atomic E-state index is 0.122. The molecule has 4 saturated carbocycles. The summed E-state index contributed by atoms with van der Waals surface area (Å²) < 4.78 is 10.6. The lowest BCUT2D eigenvalue weighted by Gasteiger charge is -2.60. The average molecular weight is 427 g/mol. The summed E-state index contributed by atoms with van der Waals surface area (Å²) in [6, 6.07) is 0. The van der Waals surface area contributed by atoms with Crippen molar-refractivity contribution in [3.05, 3.63) is 23.8 Å². The maximum Gasteiger partial charge on any atom is 0.345 e. The fourth-order valence-electron chi connectivity index (χ4n) is 8.98. The Labute approximate surface area is 186 Å². The number of cyclic esters (lactones) is 1. The molecule has 0 saturated heterocycles. The van der Waals surface area contributed by atoms with Crippen LogP contribution in [0.5, 0.6) is 0 Å². The number of esters is 2. The van der Waals surface area contributed by atoms with Gasteiger partial charge in [0.1, 0.15) is 18.8 Å². The standard InChI is InChI=1S/C27H38O4/c1-4-15-30-24(28)23-19(16-31-25(23)29)21-11-10-20-18-9-8-17-7-5-6-13-26(17,2)22(18)12-14-27(20,21)3/h4,17-18,20-22H,1,5-16H2,2-3H3/t17?,18-,20+,21+,22-,26-,27-/m0/s1. The van der Waals surface area contributed by atoms with E-state index in [-0.39, 0.29) is 30.1 Å². The van der Waals surface area contributed by atoms with Crippen LogP contribution in [0.2, 0.25) is 0 Å². The summed E-state index contributed by atoms with van der Waals surface area (Å²) in [4.78, 5) is 25.1. The SMILES string of the molecule is C=CCOC(=O)C1=C([C@H]2CC[C@@H]3[C@@H]4CCC5CCCC[C@]5(C)[C@H]4CC[C@]23C)COC1=O. The molecule has 0 bridgehead atoms. The van der Waals surface area contributed by atoms with Crippen LogP contribution < -0.4 is 0 Å². The van der Waals surface area contributed by atoms with Crippen molar-refractivity contribution in [2.24, 2.45) is 40.4 Å². The molecular formula is C27H38O4. The van der Waals surface area contributed by atoms with Crippen molar-refractivity contribution in [2.75, 3.05) is 13.2 Å². The quantitative estimate of drug-likeness (QED) is 0.333. The van der Waals surface area contributed by atoms with Crippen LogP contribution in [0.15, 0.2) is 23.8 Å². The molecule has 7 atom stereocenters. The summed E-state index contributed by atoms with van der Waals surface area (Å²) in [5, 5.41) is 0. The Balaban J connectivity index is 1.43. The fraction of sp³-hybridized carbons (Fsp3) is 0.778. The van der Waals surface area contributed by atoms with E-state index in [1.54, 1.807) is 0 Å². The zero-order valence-corrected chi connectivity index (χ0v) is 19.3. The maximum absolute atomic E-state index is 12.6. The molecule has 0 aromatic heterocycles. The van der Waals surface area contributed by atoms with Crippen molar-refractivity contribution >= 4 is 11.9 Å². The van der Waals surface area contributed by atoms with E-state index in [9.17, 15) is 9.59 Å². The monoisotopic (exact) mass is 426 g/mol. The van der Waals surface area contributed by atoms with E-state index in [0.717, 1.165) is 29.7 Å². The Bertz CT molecular complexity index is 812. The van der Waals surface area contributed by atoms with Gasteiger partial charge in [0.25, 0.3) is 0 Å². The first-order valence-corrected chi connectivity index (χ1v) is 12.6. The van der Waals surface area contributed by atoms with Crippen molar-refractivity contribution in [2.45, 2.75) is 78.1 Å². The lowest BCUT2D eigenvalue weighted by atomic mass is 9.44. The second-order valence-electron chi connectivity index (χ2n) is 11.4. The normalized spacial score (nSPS) is 44.2. The summed E-state index contributed by atoms with van der Waals surface area (Å²) in [7, 11) is 0. The lowest BCUT2D eigenvalue weighted by molar-refractivity contribution is -0.144. The van der Waals surface area contributed by atoms with E-state index < -0.39 is 11.9 Å². The molecule has 0 N–H and O–H groups in total. The van der Waals surface area contributed by atoms with Crippen LogP contribution in [0.4, 0.5) is 0 Å². The third-order valence-corrected chi connectivity index (χ3v) is 10.4. The first kappa shape index (κ1) is 21.3. The maximum atomic E-state index is 12.6. The van der Waals surface area contributed by atoms with E-state index in [2.05, 4.69) is 20.4 Å². The van der Waals surface area contributed by atoms with Crippen molar-refractivity contribution in [1.29, 1.82) is 0 Å². The van der Waals surface area contributed by atoms with E-state index in [1.807, 2.05) is 0 Å². The van der Waals surface area contributed by atoms with Gasteiger partial charge >= 0.3 is 11.9 Å². The van der Waals surface area contributed by atoms with Crippen molar-refractivity contribution in [3.8, 4) is 0 Å². The molecule has 0 radical (unpaired) electrons. The molecule has 1 aliphatic heterocycles. The second-order valence-corrected chi connectivity index (χ2v) is 11.4. The molecule has 0 spiro atoms. The van der Waals surface area contributed by atoms with Gasteiger partial charge in [0.15, 0.2) is 0 Å². The second kappa shape index (κ2) is 7.78. The summed E-state index contributed by atoms with van der Waals surface area (Å²) in [5.41, 5.74) is 1.79. The van der Waals surface area contributed by atoms with Crippen LogP contribution in [0.1, 0.15) is 78.1 Å². The number of ether oxygens (including phenoxy) is 2. The minimum Gasteiger partial charge on any atom is -0.458 e. The highest BCUT2D eigenvalue weighted by molar-refractivity contribution is 6.16. The lowest BCUT2D eigenvalue weighted by Crippen LogP contribution is -2.52. The molecule has 1 heterocycles. The van der Waals surface area contributed by atoms with Gasteiger partial charge in [-0.25, -0.2) is 9.59 Å². The van der Waals surface area contributed by atoms with Crippen LogP contribution in [0.3, 0.4) is 0 Å². The van der Waals surface area contributed by atoms with Crippen LogP contribution in [-0.2, 0) is 19.1 Å². The molecule has 5 rings (SSSR count). The van der Waals surface area contributed by atoms with Crippen molar-refractivity contribution in [1.82, 2.24) is 0 Å². The van der Waals surface area contributed by atoms with Gasteiger partial charge in [-0.05, 0) is 97.4 Å². The first-order valence-electron chi connectivity index (χ1n) is 12.6. The summed E-state index contributed by atoms with van der Waals surface area (Å²) in [6.45, 7) is 9.05. The largest absolute Gasteiger partial charge is 0.458 e. The van der Waals surface area contributed by atoms with Gasteiger partial charge in [0.05, 0.1) is 0 Å². The van der Waals surface area contributed by atoms with Crippen molar-refractivity contribution in [3.63, 3.8) is 0 Å². The van der Waals surface area contributed by atoms with E-state index >= 15 is 0 Å². The number of hydrogen-bond acceptors (Lipinski definition) is 4. The molecule has 170 valence electrons. The predicted octanol–water partition coefficient (Wildman–Crippen LogP) is 5.62. The molecule has 0 amide bonds. The van der Waals surface area contributed by atoms with Crippen LogP contribution in [0.25, 0.3) is 0 Å². The third-order valence-electron chi connectivity index (χ3n) is 10.4. The highest BCUT2D eigenvalue weighted by atomic mass is 16.6. The Hall–Kier alpha value is -1.58. The highest BCUT2D eigenvalue weighted by Gasteiger charge is 2.60. The molecule has 4 nitrogen and oxygen atoms in total. The van der Waals surface area contributed by atoms with Gasteiger partial charge in [-0.2, -0.15) is 0 Å². The van der Waals surface area contributed by atoms with Crippen LogP contribution in [-0.4, -0.2) is 25.2 Å². The number of fused-ring (bicyclic) bond motifs is 5. The molecule has 1 unspecified atom stereocenters. The number of hydrogen-bond donors (Lipinski definition) is 0. The predicted molar refractivity (Wildman–Crippen MR) is 119 cm³/mol. The van der Waals surface area contributed by atoms with Gasteiger partial charge in [-0.15, -0.1) is 0 Å². The topological polar surface area (TPSA) is 52.6 Å². The van der Waals surface area contributed by atoms with Gasteiger partial charge in [0, 0.05) is 0 Å². The number of carbonyl (C=O) groups is 2. The minimum atomic E-state index is -0.534. The molecular weight excluding hydrogens is 388 g/mol. The zero-order chi connectivity index (χ0) is 21.8. The first-order chi connectivity index (χ1) is 14.9. The molecule has 4 fully saturated rings. The fourth-order valence-corrected chi connectivity index (χ4v) is 8.98. The van der Waals surface area contributed by atoms with Crippen LogP contribution in [0, 0.1) is 40.4 Å². The molecule has 31 heavy (non-hydrogen) atoms. The van der Waals surface area contributed by atoms with Crippen LogP contribution >= 0.6 is 0 Å². The summed E-state index contributed by atoms with van der Waals surface area (Å²) >= 11 is 0. The molecule has 0 aromatic carbocycles. The average Bonchev–Trinajstić information content (AvgIpc) is 3.30. The molecule has 4 heteroatoms. The smallest absolute Gasteiger partial charge is 0.345 e. The summed E-state index contributed by atoms with van der Waals surface area (Å²) in [5.74, 6) is 2.51. The van der Waals surface area contributed by atoms with Gasteiger partial charge in [-0.1, -0.05) is 39.3 Å². The Morgan fingerprint density at radius 1 is 1.06 bits per heavy atom. The Morgan fingerprint density at radius 3 is 2.68 bits per heavy atom. The molecule has 5 aliphatic rings. The number of carbonyl (C=O) groups excluding carboxylic acids is 2. The third kappa shape index (κ3) is 3.15. The van der Waals surface area contributed by atoms with E-state index in [1.165, 1.54) is 63.9 Å². The highest BCUT2D eigenvalue weighted by Crippen LogP contribution is 2.68. The zero-order valence-electron chi connectivity index (χ0n) is 19.3. The van der Waals surface area contributed by atoms with Crippen molar-refractivity contribution < 1.29 is 19.1 Å². The molecule has 0 aromatic rings. The Morgan fingerprint density at radius 2 is 1.87 bits per heavy atom. The van der Waals surface area contributed by atoms with Gasteiger partial charge < -0.3 is 9.47 Å². The van der Waals surface area contributed by atoms with Gasteiger partial charge in [0.2, 0.25) is 0 Å². The molecule has 4 aliphatic carbocycles. The summed E-state index contributed by atoms with van der Waals surface area (Å²) in [6.07, 6.45) is 14.8. The number of rotatable bonds is 4. The van der Waals surface area contributed by atoms with Gasteiger partial charge in [-0.3, -0.25) is 0 Å². The Kier molecular flexibility index (Phi) is 5.34.